The zero-order valence-corrected chi connectivity index (χ0v) is 8.90. The number of morpholine rings is 1. The number of hydrogen-bond acceptors (Lipinski definition) is 4. The van der Waals surface area contributed by atoms with Crippen LogP contribution in [0.5, 0.6) is 0 Å². The van der Waals surface area contributed by atoms with E-state index in [0.717, 1.165) is 0 Å². The van der Waals surface area contributed by atoms with Crippen LogP contribution in [0.4, 0.5) is 0 Å². The van der Waals surface area contributed by atoms with Crippen molar-refractivity contribution in [1.82, 2.24) is 4.90 Å². The summed E-state index contributed by atoms with van der Waals surface area (Å²) in [5.41, 5.74) is -0.835. The van der Waals surface area contributed by atoms with Gasteiger partial charge in [0.2, 0.25) is 0 Å². The lowest BCUT2D eigenvalue weighted by Gasteiger charge is -2.40. The summed E-state index contributed by atoms with van der Waals surface area (Å²) in [6.45, 7) is 3.12. The molecule has 0 saturated carbocycles. The molecule has 2 rings (SSSR count). The van der Waals surface area contributed by atoms with Gasteiger partial charge in [-0.15, -0.1) is 0 Å². The fourth-order valence-corrected chi connectivity index (χ4v) is 2.06. The van der Waals surface area contributed by atoms with E-state index < -0.39 is 17.7 Å². The molecule has 0 aromatic carbocycles. The van der Waals surface area contributed by atoms with Gasteiger partial charge < -0.3 is 9.84 Å². The van der Waals surface area contributed by atoms with Crippen LogP contribution in [0.3, 0.4) is 0 Å². The average molecular weight is 213 g/mol. The maximum atomic E-state index is 11.9. The minimum absolute atomic E-state index is 0.232. The van der Waals surface area contributed by atoms with Crippen LogP contribution < -0.4 is 0 Å². The van der Waals surface area contributed by atoms with E-state index in [4.69, 9.17) is 4.74 Å². The zero-order chi connectivity index (χ0) is 11.2. The molecular formula is C10H15NO4. The smallest absolute Gasteiger partial charge is 0.258 e. The number of carbonyl (C=O) groups is 2. The molecule has 0 aromatic rings. The summed E-state index contributed by atoms with van der Waals surface area (Å²) in [5.74, 6) is -0.624. The van der Waals surface area contributed by atoms with Gasteiger partial charge in [-0.2, -0.15) is 0 Å². The summed E-state index contributed by atoms with van der Waals surface area (Å²) in [5, 5.41) is 9.19. The lowest BCUT2D eigenvalue weighted by atomic mass is 10.0. The van der Waals surface area contributed by atoms with Gasteiger partial charge in [-0.25, -0.2) is 0 Å². The van der Waals surface area contributed by atoms with Gasteiger partial charge in [0.15, 0.2) is 0 Å². The molecule has 2 aliphatic rings. The molecule has 0 radical (unpaired) electrons. The largest absolute Gasteiger partial charge is 0.394 e. The highest BCUT2D eigenvalue weighted by atomic mass is 16.5. The summed E-state index contributed by atoms with van der Waals surface area (Å²) < 4.78 is 5.27. The molecule has 1 N–H and O–H groups in total. The van der Waals surface area contributed by atoms with Crippen LogP contribution in [-0.2, 0) is 14.3 Å². The van der Waals surface area contributed by atoms with E-state index in [1.165, 1.54) is 4.90 Å². The Morgan fingerprint density at radius 1 is 1.33 bits per heavy atom. The van der Waals surface area contributed by atoms with Crippen molar-refractivity contribution in [2.24, 2.45) is 0 Å². The Hall–Kier alpha value is -0.940. The third-order valence-electron chi connectivity index (χ3n) is 3.00. The Kier molecular flexibility index (Phi) is 2.31. The number of rotatable bonds is 2. The summed E-state index contributed by atoms with van der Waals surface area (Å²) in [6, 6.07) is 0. The van der Waals surface area contributed by atoms with Crippen molar-refractivity contribution in [2.75, 3.05) is 6.61 Å². The standard InChI is InChI=1S/C10H15NO4/c1-10(2,5-12)11-8(13)6-3-4-7(15-6)9(11)14/h6-7,12H,3-5H2,1-2H3. The van der Waals surface area contributed by atoms with Gasteiger partial charge in [-0.3, -0.25) is 14.5 Å². The first kappa shape index (κ1) is 10.6. The van der Waals surface area contributed by atoms with Crippen molar-refractivity contribution < 1.29 is 19.4 Å². The molecule has 2 unspecified atom stereocenters. The molecular weight excluding hydrogens is 198 g/mol. The number of aliphatic hydroxyl groups excluding tert-OH is 1. The number of likely N-dealkylation sites (tertiary alicyclic amines) is 1. The molecule has 2 saturated heterocycles. The van der Waals surface area contributed by atoms with Gasteiger partial charge in [0.25, 0.3) is 11.8 Å². The monoisotopic (exact) mass is 213 g/mol. The summed E-state index contributed by atoms with van der Waals surface area (Å²) in [7, 11) is 0. The number of amides is 2. The van der Waals surface area contributed by atoms with Crippen LogP contribution in [0.2, 0.25) is 0 Å². The van der Waals surface area contributed by atoms with Gasteiger partial charge in [0, 0.05) is 0 Å². The van der Waals surface area contributed by atoms with E-state index >= 15 is 0 Å². The Bertz CT molecular complexity index is 291. The second-order valence-corrected chi connectivity index (χ2v) is 4.67. The Morgan fingerprint density at radius 2 is 1.80 bits per heavy atom. The number of hydrogen-bond donors (Lipinski definition) is 1. The predicted molar refractivity (Wildman–Crippen MR) is 50.9 cm³/mol. The van der Waals surface area contributed by atoms with E-state index in [-0.39, 0.29) is 18.4 Å². The predicted octanol–water partition coefficient (Wildman–Crippen LogP) is -0.326. The Balaban J connectivity index is 2.31. The van der Waals surface area contributed by atoms with Crippen molar-refractivity contribution in [3.05, 3.63) is 0 Å². The van der Waals surface area contributed by atoms with Crippen LogP contribution in [-0.4, -0.2) is 46.2 Å². The average Bonchev–Trinajstić information content (AvgIpc) is 2.61. The van der Waals surface area contributed by atoms with Gasteiger partial charge in [-0.05, 0) is 26.7 Å². The van der Waals surface area contributed by atoms with Gasteiger partial charge in [0.05, 0.1) is 12.1 Å². The Morgan fingerprint density at radius 3 is 2.20 bits per heavy atom. The molecule has 5 nitrogen and oxygen atoms in total. The minimum Gasteiger partial charge on any atom is -0.394 e. The van der Waals surface area contributed by atoms with Crippen LogP contribution in [0, 0.1) is 0 Å². The third kappa shape index (κ3) is 1.46. The first-order valence-corrected chi connectivity index (χ1v) is 5.11. The lowest BCUT2D eigenvalue weighted by molar-refractivity contribution is -0.177. The quantitative estimate of drug-likeness (QED) is 0.638. The second-order valence-electron chi connectivity index (χ2n) is 4.67. The lowest BCUT2D eigenvalue weighted by Crippen LogP contribution is -2.61. The number of aliphatic hydroxyl groups is 1. The molecule has 2 aliphatic heterocycles. The fourth-order valence-electron chi connectivity index (χ4n) is 2.06. The molecule has 2 atom stereocenters. The van der Waals surface area contributed by atoms with Crippen molar-refractivity contribution in [3.63, 3.8) is 0 Å². The van der Waals surface area contributed by atoms with Crippen LogP contribution in [0.1, 0.15) is 26.7 Å². The first-order chi connectivity index (χ1) is 6.97. The summed E-state index contributed by atoms with van der Waals surface area (Å²) in [4.78, 5) is 24.9. The molecule has 2 bridgehead atoms. The molecule has 0 spiro atoms. The highest BCUT2D eigenvalue weighted by Crippen LogP contribution is 2.32. The molecule has 5 heteroatoms. The first-order valence-electron chi connectivity index (χ1n) is 5.11. The summed E-state index contributed by atoms with van der Waals surface area (Å²) >= 11 is 0. The van der Waals surface area contributed by atoms with Gasteiger partial charge in [0.1, 0.15) is 12.2 Å². The summed E-state index contributed by atoms with van der Waals surface area (Å²) in [6.07, 6.45) is 0.234. The highest BCUT2D eigenvalue weighted by molar-refractivity contribution is 6.03. The van der Waals surface area contributed by atoms with Crippen molar-refractivity contribution in [2.45, 2.75) is 44.4 Å². The maximum absolute atomic E-state index is 11.9. The number of carbonyl (C=O) groups excluding carboxylic acids is 2. The SMILES string of the molecule is CC(C)(CO)N1C(=O)C2CCC(O2)C1=O. The van der Waals surface area contributed by atoms with Crippen LogP contribution >= 0.6 is 0 Å². The topological polar surface area (TPSA) is 66.8 Å². The van der Waals surface area contributed by atoms with Gasteiger partial charge >= 0.3 is 0 Å². The molecule has 0 aliphatic carbocycles. The molecule has 2 fully saturated rings. The normalized spacial score (nSPS) is 31.3. The molecule has 0 aromatic heterocycles. The van der Waals surface area contributed by atoms with E-state index in [2.05, 4.69) is 0 Å². The van der Waals surface area contributed by atoms with E-state index in [1.807, 2.05) is 0 Å². The molecule has 2 amide bonds. The molecule has 2 heterocycles. The van der Waals surface area contributed by atoms with Gasteiger partial charge in [-0.1, -0.05) is 0 Å². The van der Waals surface area contributed by atoms with Crippen LogP contribution in [0.25, 0.3) is 0 Å². The maximum Gasteiger partial charge on any atom is 0.258 e. The number of nitrogens with zero attached hydrogens (tertiary/aromatic N) is 1. The number of ether oxygens (including phenoxy) is 1. The third-order valence-corrected chi connectivity index (χ3v) is 3.00. The zero-order valence-electron chi connectivity index (χ0n) is 8.90. The van der Waals surface area contributed by atoms with Crippen LogP contribution in [0.15, 0.2) is 0 Å². The molecule has 15 heavy (non-hydrogen) atoms. The number of imide groups is 1. The molecule has 84 valence electrons. The van der Waals surface area contributed by atoms with Crippen molar-refractivity contribution in [1.29, 1.82) is 0 Å². The van der Waals surface area contributed by atoms with E-state index in [0.29, 0.717) is 12.8 Å². The van der Waals surface area contributed by atoms with Crippen molar-refractivity contribution >= 4 is 11.8 Å². The highest BCUT2D eigenvalue weighted by Gasteiger charge is 2.50. The fraction of sp³-hybridized carbons (Fsp3) is 0.800. The second kappa shape index (κ2) is 3.28. The number of fused-ring (bicyclic) bond motifs is 2. The van der Waals surface area contributed by atoms with E-state index in [9.17, 15) is 14.7 Å². The van der Waals surface area contributed by atoms with Crippen molar-refractivity contribution in [3.8, 4) is 0 Å². The minimum atomic E-state index is -0.835. The van der Waals surface area contributed by atoms with E-state index in [1.54, 1.807) is 13.8 Å². The Labute approximate surface area is 88.0 Å².